The van der Waals surface area contributed by atoms with Gasteiger partial charge in [0.2, 0.25) is 0 Å². The van der Waals surface area contributed by atoms with Crippen molar-refractivity contribution >= 4 is 0 Å². The summed E-state index contributed by atoms with van der Waals surface area (Å²) in [6.07, 6.45) is 10.9. The largest absolute Gasteiger partial charge is 0.349 e. The summed E-state index contributed by atoms with van der Waals surface area (Å²) in [7, 11) is 0. The molecule has 1 heterocycles. The Labute approximate surface area is 128 Å². The molecule has 1 aromatic carbocycles. The van der Waals surface area contributed by atoms with Crippen molar-refractivity contribution in [2.75, 3.05) is 6.54 Å². The first-order valence-corrected chi connectivity index (χ1v) is 8.16. The molecule has 0 fully saturated rings. The zero-order chi connectivity index (χ0) is 14.8. The van der Waals surface area contributed by atoms with Crippen LogP contribution in [0.5, 0.6) is 0 Å². The third kappa shape index (κ3) is 5.72. The number of aryl methyl sites for hydroxylation is 1. The van der Waals surface area contributed by atoms with Gasteiger partial charge in [0.05, 0.1) is 0 Å². The number of H-pyrrole nitrogens is 1. The standard InChI is InChI=1S/C18H27N3/c1-2-3-5-11-17(16-9-6-4-7-10-16)19-13-8-12-18-20-14-15-21-18/h4,6-7,9-10,14-15,17,19H,2-3,5,8,11-13H2,1H3,(H,20,21). The SMILES string of the molecule is CCCCCC(NCCCc1ncc[nH]1)c1ccccc1. The molecule has 2 aromatic rings. The molecule has 21 heavy (non-hydrogen) atoms. The van der Waals surface area contributed by atoms with E-state index in [0.29, 0.717) is 6.04 Å². The average molecular weight is 285 g/mol. The molecule has 1 atom stereocenters. The summed E-state index contributed by atoms with van der Waals surface area (Å²) in [6, 6.07) is 11.3. The molecule has 2 rings (SSSR count). The van der Waals surface area contributed by atoms with Crippen molar-refractivity contribution in [3.05, 3.63) is 54.1 Å². The second-order valence-corrected chi connectivity index (χ2v) is 5.55. The average Bonchev–Trinajstić information content (AvgIpc) is 3.04. The Morgan fingerprint density at radius 3 is 2.71 bits per heavy atom. The molecule has 2 N–H and O–H groups in total. The second kappa shape index (κ2) is 9.35. The Kier molecular flexibility index (Phi) is 7.02. The van der Waals surface area contributed by atoms with Crippen LogP contribution >= 0.6 is 0 Å². The fourth-order valence-electron chi connectivity index (χ4n) is 2.64. The molecule has 0 aliphatic carbocycles. The highest BCUT2D eigenvalue weighted by atomic mass is 14.9. The molecule has 3 heteroatoms. The van der Waals surface area contributed by atoms with Crippen LogP contribution in [0.1, 0.15) is 56.5 Å². The first-order valence-electron chi connectivity index (χ1n) is 8.16. The van der Waals surface area contributed by atoms with Crippen molar-refractivity contribution in [3.8, 4) is 0 Å². The molecule has 0 radical (unpaired) electrons. The van der Waals surface area contributed by atoms with E-state index < -0.39 is 0 Å². The van der Waals surface area contributed by atoms with E-state index in [1.54, 1.807) is 0 Å². The Bertz CT molecular complexity index is 464. The number of hydrogen-bond donors (Lipinski definition) is 2. The molecule has 3 nitrogen and oxygen atoms in total. The number of unbranched alkanes of at least 4 members (excludes halogenated alkanes) is 2. The number of aromatic amines is 1. The van der Waals surface area contributed by atoms with E-state index in [0.717, 1.165) is 25.2 Å². The number of rotatable bonds is 10. The minimum atomic E-state index is 0.481. The lowest BCUT2D eigenvalue weighted by molar-refractivity contribution is 0.468. The number of hydrogen-bond acceptors (Lipinski definition) is 2. The number of benzene rings is 1. The van der Waals surface area contributed by atoms with Crippen LogP contribution in [0, 0.1) is 0 Å². The van der Waals surface area contributed by atoms with E-state index in [-0.39, 0.29) is 0 Å². The monoisotopic (exact) mass is 285 g/mol. The van der Waals surface area contributed by atoms with Gasteiger partial charge in [0.1, 0.15) is 5.82 Å². The van der Waals surface area contributed by atoms with Crippen molar-refractivity contribution in [3.63, 3.8) is 0 Å². The molecular weight excluding hydrogens is 258 g/mol. The topological polar surface area (TPSA) is 40.7 Å². The van der Waals surface area contributed by atoms with Crippen LogP contribution in [0.25, 0.3) is 0 Å². The third-order valence-corrected chi connectivity index (χ3v) is 3.83. The Hall–Kier alpha value is -1.61. The summed E-state index contributed by atoms with van der Waals surface area (Å²) in [5.74, 6) is 1.08. The van der Waals surface area contributed by atoms with Gasteiger partial charge in [-0.25, -0.2) is 4.98 Å². The normalized spacial score (nSPS) is 12.4. The second-order valence-electron chi connectivity index (χ2n) is 5.55. The van der Waals surface area contributed by atoms with Gasteiger partial charge in [-0.2, -0.15) is 0 Å². The minimum Gasteiger partial charge on any atom is -0.349 e. The highest BCUT2D eigenvalue weighted by Gasteiger charge is 2.09. The molecule has 0 spiro atoms. The number of imidazole rings is 1. The Morgan fingerprint density at radius 2 is 2.00 bits per heavy atom. The first kappa shape index (κ1) is 15.8. The summed E-state index contributed by atoms with van der Waals surface area (Å²) in [4.78, 5) is 7.43. The zero-order valence-electron chi connectivity index (χ0n) is 13.0. The van der Waals surface area contributed by atoms with Gasteiger partial charge in [-0.05, 0) is 24.9 Å². The Morgan fingerprint density at radius 1 is 1.14 bits per heavy atom. The van der Waals surface area contributed by atoms with E-state index in [9.17, 15) is 0 Å². The zero-order valence-corrected chi connectivity index (χ0v) is 13.0. The molecule has 0 amide bonds. The maximum Gasteiger partial charge on any atom is 0.106 e. The fraction of sp³-hybridized carbons (Fsp3) is 0.500. The van der Waals surface area contributed by atoms with E-state index in [1.807, 2.05) is 12.4 Å². The number of nitrogens with one attached hydrogen (secondary N) is 2. The summed E-state index contributed by atoms with van der Waals surface area (Å²) >= 11 is 0. The fourth-order valence-corrected chi connectivity index (χ4v) is 2.64. The molecular formula is C18H27N3. The summed E-state index contributed by atoms with van der Waals surface area (Å²) < 4.78 is 0. The molecule has 0 bridgehead atoms. The van der Waals surface area contributed by atoms with Gasteiger partial charge in [0.25, 0.3) is 0 Å². The third-order valence-electron chi connectivity index (χ3n) is 3.83. The predicted octanol–water partition coefficient (Wildman–Crippen LogP) is 4.25. The van der Waals surface area contributed by atoms with Gasteiger partial charge >= 0.3 is 0 Å². The molecule has 1 aromatic heterocycles. The van der Waals surface area contributed by atoms with Crippen molar-refractivity contribution < 1.29 is 0 Å². The van der Waals surface area contributed by atoms with Crippen LogP contribution in [0.4, 0.5) is 0 Å². The lowest BCUT2D eigenvalue weighted by atomic mass is 10.0. The lowest BCUT2D eigenvalue weighted by Gasteiger charge is -2.19. The van der Waals surface area contributed by atoms with Crippen molar-refractivity contribution in [1.29, 1.82) is 0 Å². The van der Waals surface area contributed by atoms with E-state index >= 15 is 0 Å². The number of aromatic nitrogens is 2. The Balaban J connectivity index is 1.78. The summed E-state index contributed by atoms with van der Waals surface area (Å²) in [5, 5.41) is 3.72. The molecule has 0 saturated heterocycles. The summed E-state index contributed by atoms with van der Waals surface area (Å²) in [6.45, 7) is 3.29. The minimum absolute atomic E-state index is 0.481. The van der Waals surface area contributed by atoms with Gasteiger partial charge in [0, 0.05) is 24.9 Å². The highest BCUT2D eigenvalue weighted by molar-refractivity contribution is 5.18. The summed E-state index contributed by atoms with van der Waals surface area (Å²) in [5.41, 5.74) is 1.41. The molecule has 1 unspecified atom stereocenters. The van der Waals surface area contributed by atoms with Crippen LogP contribution in [0.15, 0.2) is 42.7 Å². The number of nitrogens with zero attached hydrogens (tertiary/aromatic N) is 1. The quantitative estimate of drug-likeness (QED) is 0.641. The van der Waals surface area contributed by atoms with Crippen molar-refractivity contribution in [1.82, 2.24) is 15.3 Å². The van der Waals surface area contributed by atoms with Crippen molar-refractivity contribution in [2.24, 2.45) is 0 Å². The molecule has 0 aliphatic heterocycles. The van der Waals surface area contributed by atoms with Crippen LogP contribution in [-0.2, 0) is 6.42 Å². The predicted molar refractivity (Wildman–Crippen MR) is 88.2 cm³/mol. The molecule has 0 saturated carbocycles. The van der Waals surface area contributed by atoms with Gasteiger partial charge in [0.15, 0.2) is 0 Å². The first-order chi connectivity index (χ1) is 10.4. The lowest BCUT2D eigenvalue weighted by Crippen LogP contribution is -2.23. The smallest absolute Gasteiger partial charge is 0.106 e. The maximum atomic E-state index is 4.27. The van der Waals surface area contributed by atoms with Gasteiger partial charge in [-0.3, -0.25) is 0 Å². The molecule has 114 valence electrons. The van der Waals surface area contributed by atoms with Gasteiger partial charge in [-0.15, -0.1) is 0 Å². The van der Waals surface area contributed by atoms with Gasteiger partial charge in [-0.1, -0.05) is 56.5 Å². The van der Waals surface area contributed by atoms with E-state index in [2.05, 4.69) is 52.5 Å². The van der Waals surface area contributed by atoms with Crippen LogP contribution in [0.3, 0.4) is 0 Å². The maximum absolute atomic E-state index is 4.27. The highest BCUT2D eigenvalue weighted by Crippen LogP contribution is 2.19. The van der Waals surface area contributed by atoms with Crippen LogP contribution in [0.2, 0.25) is 0 Å². The van der Waals surface area contributed by atoms with E-state index in [1.165, 1.54) is 31.2 Å². The van der Waals surface area contributed by atoms with Crippen molar-refractivity contribution in [2.45, 2.75) is 51.5 Å². The van der Waals surface area contributed by atoms with E-state index in [4.69, 9.17) is 0 Å². The van der Waals surface area contributed by atoms with Crippen LogP contribution in [-0.4, -0.2) is 16.5 Å². The molecule has 0 aliphatic rings. The van der Waals surface area contributed by atoms with Gasteiger partial charge < -0.3 is 10.3 Å². The van der Waals surface area contributed by atoms with Crippen LogP contribution < -0.4 is 5.32 Å².